The molecule has 0 fully saturated rings. The first-order chi connectivity index (χ1) is 44.0. The molecular weight excluding hydrogens is 831 g/mol. The maximum atomic E-state index is 10.9. The summed E-state index contributed by atoms with van der Waals surface area (Å²) in [6.07, 6.45) is 0. The van der Waals surface area contributed by atoms with Crippen LogP contribution in [-0.2, 0) is 10.8 Å². The molecule has 3 aliphatic carbocycles. The predicted octanol–water partition coefficient (Wildman–Crippen LogP) is 18.0. The van der Waals surface area contributed by atoms with Crippen molar-refractivity contribution in [3.05, 3.63) is 282 Å². The standard InChI is InChI=1S/C68H47N/c1-67(2)58-29-13-11-27-56(58)66-57(28-18-33-62(66)67)65-50-23-7-6-21-45(50)37-41-51(65)46-35-38-47(39-36-46)69(64-34-17-12-22-49(64)44-19-4-3-5-20-44)48-40-42-55-54-26-10-16-32-61(54)68(63(55)43-48)59-30-14-8-24-52(59)53-25-9-15-31-60(53)68/h3-43H,1-2H3/i3D,4D,5D,8D,9D,10D,12D,14D,15D,16D,17D,19D,20D,22D,24D,25D,26D,30D,31D,32D,34D,40D,42D,43D. The lowest BCUT2D eigenvalue weighted by Crippen LogP contribution is -2.26. The van der Waals surface area contributed by atoms with Gasteiger partial charge < -0.3 is 4.90 Å². The van der Waals surface area contributed by atoms with Crippen LogP contribution in [-0.4, -0.2) is 0 Å². The third kappa shape index (κ3) is 5.59. The molecule has 1 nitrogen and oxygen atoms in total. The fraction of sp³-hybridized carbons (Fsp3) is 0.0588. The van der Waals surface area contributed by atoms with Gasteiger partial charge in [0.1, 0.15) is 0 Å². The van der Waals surface area contributed by atoms with E-state index in [2.05, 4.69) is 38.1 Å². The Morgan fingerprint density at radius 3 is 1.65 bits per heavy atom. The zero-order valence-corrected chi connectivity index (χ0v) is 36.8. The van der Waals surface area contributed by atoms with Gasteiger partial charge in [0, 0.05) is 22.4 Å². The average Bonchev–Trinajstić information content (AvgIpc) is 1.48. The summed E-state index contributed by atoms with van der Waals surface area (Å²) in [6, 6.07) is 10.9. The normalized spacial score (nSPS) is 18.8. The van der Waals surface area contributed by atoms with E-state index < -0.39 is 217 Å². The molecule has 324 valence electrons. The molecule has 11 aromatic carbocycles. The molecule has 0 aliphatic heterocycles. The van der Waals surface area contributed by atoms with E-state index in [9.17, 15) is 19.2 Å². The van der Waals surface area contributed by atoms with Gasteiger partial charge in [-0.15, -0.1) is 0 Å². The number of hydrogen-bond donors (Lipinski definition) is 0. The van der Waals surface area contributed by atoms with E-state index in [1.165, 1.54) is 12.1 Å². The van der Waals surface area contributed by atoms with Crippen LogP contribution in [0.15, 0.2) is 248 Å². The Kier molecular flexibility index (Phi) is 4.89. The maximum Gasteiger partial charge on any atom is 0.0726 e. The van der Waals surface area contributed by atoms with Gasteiger partial charge in [-0.05, 0) is 136 Å². The highest BCUT2D eigenvalue weighted by atomic mass is 15.1. The highest BCUT2D eigenvalue weighted by Crippen LogP contribution is 2.63. The quantitative estimate of drug-likeness (QED) is 0.161. The van der Waals surface area contributed by atoms with Gasteiger partial charge in [-0.2, -0.15) is 0 Å². The first-order valence-electron chi connectivity index (χ1n) is 34.3. The average molecular weight is 902 g/mol. The van der Waals surface area contributed by atoms with E-state index >= 15 is 0 Å². The van der Waals surface area contributed by atoms with E-state index in [-0.39, 0.29) is 11.1 Å². The number of nitrogens with zero attached hydrogens (tertiary/aromatic N) is 1. The summed E-state index contributed by atoms with van der Waals surface area (Å²) in [5.74, 6) is 0. The highest BCUT2D eigenvalue weighted by molar-refractivity contribution is 6.09. The van der Waals surface area contributed by atoms with Crippen molar-refractivity contribution in [3.8, 4) is 66.8 Å². The Hall–Kier alpha value is -8.52. The van der Waals surface area contributed by atoms with Gasteiger partial charge in [-0.3, -0.25) is 0 Å². The number of para-hydroxylation sites is 1. The second-order valence-corrected chi connectivity index (χ2v) is 17.7. The van der Waals surface area contributed by atoms with Gasteiger partial charge in [0.2, 0.25) is 0 Å². The predicted molar refractivity (Wildman–Crippen MR) is 289 cm³/mol. The topological polar surface area (TPSA) is 3.24 Å². The second kappa shape index (κ2) is 15.0. The summed E-state index contributed by atoms with van der Waals surface area (Å²) in [5.41, 5.74) is -3.57. The molecule has 0 N–H and O–H groups in total. The molecule has 0 bridgehead atoms. The lowest BCUT2D eigenvalue weighted by Gasteiger charge is -2.32. The summed E-state index contributed by atoms with van der Waals surface area (Å²) in [4.78, 5) is 0.980. The fourth-order valence-electron chi connectivity index (χ4n) is 11.0. The Bertz CT molecular complexity index is 5180. The highest BCUT2D eigenvalue weighted by Gasteiger charge is 2.51. The number of hydrogen-bond acceptors (Lipinski definition) is 1. The lowest BCUT2D eigenvalue weighted by atomic mass is 9.70. The van der Waals surface area contributed by atoms with Crippen molar-refractivity contribution >= 4 is 27.8 Å². The molecule has 14 rings (SSSR count). The summed E-state index contributed by atoms with van der Waals surface area (Å²) < 4.78 is 226. The Morgan fingerprint density at radius 1 is 0.348 bits per heavy atom. The molecule has 3 aliphatic rings. The molecule has 0 aromatic heterocycles. The van der Waals surface area contributed by atoms with Crippen LogP contribution in [0.25, 0.3) is 77.5 Å². The summed E-state index contributed by atoms with van der Waals surface area (Å²) in [5, 5.41) is 1.81. The molecule has 0 saturated carbocycles. The van der Waals surface area contributed by atoms with E-state index in [0.29, 0.717) is 11.1 Å². The SMILES string of the molecule is [2H]c1c([2H])c([2H])c(-c2c([2H])c([2H])c([2H])c([2H])c2N(c2ccc(-c3ccc4ccccc4c3-c3cccc4c3-c3ccccc3C4(C)C)cc2)c2c([2H])c([2H])c3c(c2[2H])C2(c4c([2H])c([2H])c([2H])c([2H])c4-c4c([2H])c([2H])c([2H])c([2H])c42)c2c([2H])c([2H])c([2H])c([2H])c2-3)c([2H])c1[2H]. The number of fused-ring (bicyclic) bond motifs is 14. The minimum Gasteiger partial charge on any atom is -0.310 e. The third-order valence-electron chi connectivity index (χ3n) is 14.0. The van der Waals surface area contributed by atoms with Crippen LogP contribution in [0.2, 0.25) is 0 Å². The van der Waals surface area contributed by atoms with Crippen LogP contribution >= 0.6 is 0 Å². The van der Waals surface area contributed by atoms with Crippen molar-refractivity contribution < 1.29 is 32.9 Å². The Labute approximate surface area is 438 Å². The molecule has 1 heteroatoms. The van der Waals surface area contributed by atoms with Gasteiger partial charge in [0.15, 0.2) is 0 Å². The number of anilines is 3. The molecule has 0 radical (unpaired) electrons. The third-order valence-corrected chi connectivity index (χ3v) is 14.0. The molecule has 0 atom stereocenters. The molecule has 0 saturated heterocycles. The van der Waals surface area contributed by atoms with Gasteiger partial charge in [-0.25, -0.2) is 0 Å². The van der Waals surface area contributed by atoms with Crippen LogP contribution in [0.1, 0.15) is 80.1 Å². The summed E-state index contributed by atoms with van der Waals surface area (Å²) in [7, 11) is 0. The van der Waals surface area contributed by atoms with Crippen molar-refractivity contribution in [3.63, 3.8) is 0 Å². The maximum absolute atomic E-state index is 10.9. The Morgan fingerprint density at radius 2 is 0.928 bits per heavy atom. The van der Waals surface area contributed by atoms with Gasteiger partial charge in [0.05, 0.1) is 44.0 Å². The number of benzene rings is 11. The minimum atomic E-state index is -2.82. The molecule has 11 aromatic rings. The second-order valence-electron chi connectivity index (χ2n) is 17.7. The van der Waals surface area contributed by atoms with Crippen LogP contribution in [0.3, 0.4) is 0 Å². The fourth-order valence-corrected chi connectivity index (χ4v) is 11.0. The van der Waals surface area contributed by atoms with Gasteiger partial charge in [0.25, 0.3) is 0 Å². The van der Waals surface area contributed by atoms with Crippen LogP contribution in [0.4, 0.5) is 17.1 Å². The van der Waals surface area contributed by atoms with Crippen molar-refractivity contribution in [2.24, 2.45) is 0 Å². The van der Waals surface area contributed by atoms with Crippen LogP contribution < -0.4 is 4.90 Å². The van der Waals surface area contributed by atoms with E-state index in [1.54, 1.807) is 12.1 Å². The Balaban J connectivity index is 1.15. The zero-order chi connectivity index (χ0) is 66.7. The van der Waals surface area contributed by atoms with E-state index in [1.807, 2.05) is 54.6 Å². The minimum absolute atomic E-state index is 0.151. The largest absolute Gasteiger partial charge is 0.310 e. The zero-order valence-electron chi connectivity index (χ0n) is 60.8. The van der Waals surface area contributed by atoms with Crippen molar-refractivity contribution in [1.82, 2.24) is 0 Å². The molecule has 69 heavy (non-hydrogen) atoms. The molecular formula is C68H47N. The van der Waals surface area contributed by atoms with E-state index in [0.717, 1.165) is 49.1 Å². The van der Waals surface area contributed by atoms with Crippen molar-refractivity contribution in [2.75, 3.05) is 4.90 Å². The van der Waals surface area contributed by atoms with Gasteiger partial charge >= 0.3 is 0 Å². The van der Waals surface area contributed by atoms with Gasteiger partial charge in [-0.1, -0.05) is 232 Å². The smallest absolute Gasteiger partial charge is 0.0726 e. The van der Waals surface area contributed by atoms with Crippen LogP contribution in [0.5, 0.6) is 0 Å². The lowest BCUT2D eigenvalue weighted by molar-refractivity contribution is 0.660. The monoisotopic (exact) mass is 902 g/mol. The molecule has 0 unspecified atom stereocenters. The summed E-state index contributed by atoms with van der Waals surface area (Å²) >= 11 is 0. The molecule has 1 spiro atoms. The number of rotatable bonds is 6. The van der Waals surface area contributed by atoms with Crippen molar-refractivity contribution in [2.45, 2.75) is 24.7 Å². The first-order valence-corrected chi connectivity index (χ1v) is 22.3. The van der Waals surface area contributed by atoms with Crippen molar-refractivity contribution in [1.29, 1.82) is 0 Å². The molecule has 0 heterocycles. The van der Waals surface area contributed by atoms with E-state index in [4.69, 9.17) is 13.7 Å². The van der Waals surface area contributed by atoms with Crippen LogP contribution in [0, 0.1) is 0 Å². The molecule has 0 amide bonds. The summed E-state index contributed by atoms with van der Waals surface area (Å²) in [6.45, 7) is 4.35. The first kappa shape index (κ1) is 22.5.